The fraction of sp³-hybridized carbons (Fsp3) is 0.643. The number of carboxylic acid groups (broad SMARTS) is 1. The molecule has 0 aliphatic heterocycles. The summed E-state index contributed by atoms with van der Waals surface area (Å²) in [7, 11) is 0. The van der Waals surface area contributed by atoms with E-state index in [4.69, 9.17) is 4.74 Å². The average molecular weight is 281 g/mol. The molecule has 0 unspecified atom stereocenters. The molecule has 1 heterocycles. The van der Waals surface area contributed by atoms with Gasteiger partial charge in [-0.25, -0.2) is 4.79 Å². The average Bonchev–Trinajstić information content (AvgIpc) is 2.36. The molecule has 20 heavy (non-hydrogen) atoms. The highest BCUT2D eigenvalue weighted by molar-refractivity contribution is 5.94. The lowest BCUT2D eigenvalue weighted by molar-refractivity contribution is 0.0696. The number of nitrogens with one attached hydrogen (secondary N) is 1. The third-order valence-electron chi connectivity index (χ3n) is 3.05. The van der Waals surface area contributed by atoms with Gasteiger partial charge in [-0.15, -0.1) is 5.10 Å². The van der Waals surface area contributed by atoms with Crippen LogP contribution in [0.3, 0.4) is 0 Å². The van der Waals surface area contributed by atoms with Gasteiger partial charge in [-0.05, 0) is 31.7 Å². The van der Waals surface area contributed by atoms with Gasteiger partial charge in [0.05, 0.1) is 12.3 Å². The molecule has 0 spiro atoms. The molecule has 0 bridgehead atoms. The van der Waals surface area contributed by atoms with E-state index in [9.17, 15) is 9.90 Å². The van der Waals surface area contributed by atoms with Crippen LogP contribution in [-0.2, 0) is 4.74 Å². The molecule has 0 atom stereocenters. The zero-order valence-electron chi connectivity index (χ0n) is 12.6. The number of anilines is 1. The normalized spacial score (nSPS) is 10.8. The van der Waals surface area contributed by atoms with Crippen LogP contribution in [0.1, 0.15) is 41.9 Å². The molecule has 0 amide bonds. The van der Waals surface area contributed by atoms with Crippen molar-refractivity contribution in [2.45, 2.75) is 34.1 Å². The number of rotatable bonds is 8. The number of hydrogen-bond acceptors (Lipinski definition) is 5. The largest absolute Gasteiger partial charge is 0.478 e. The third kappa shape index (κ3) is 4.77. The van der Waals surface area contributed by atoms with E-state index < -0.39 is 5.97 Å². The summed E-state index contributed by atoms with van der Waals surface area (Å²) in [4.78, 5) is 11.3. The number of carboxylic acids is 1. The first-order valence-corrected chi connectivity index (χ1v) is 6.82. The van der Waals surface area contributed by atoms with E-state index in [1.807, 2.05) is 0 Å². The number of aryl methyl sites for hydroxylation is 1. The molecule has 6 nitrogen and oxygen atoms in total. The summed E-state index contributed by atoms with van der Waals surface area (Å²) in [6, 6.07) is 0. The van der Waals surface area contributed by atoms with Crippen LogP contribution < -0.4 is 5.32 Å². The summed E-state index contributed by atoms with van der Waals surface area (Å²) >= 11 is 0. The lowest BCUT2D eigenvalue weighted by atomic mass is 10.1. The van der Waals surface area contributed by atoms with Gasteiger partial charge in [0.15, 0.2) is 5.82 Å². The van der Waals surface area contributed by atoms with Gasteiger partial charge >= 0.3 is 5.97 Å². The van der Waals surface area contributed by atoms with Crippen molar-refractivity contribution >= 4 is 11.8 Å². The number of ether oxygens (including phenoxy) is 1. The Morgan fingerprint density at radius 3 is 2.60 bits per heavy atom. The summed E-state index contributed by atoms with van der Waals surface area (Å²) in [5, 5.41) is 20.1. The van der Waals surface area contributed by atoms with Gasteiger partial charge in [0.1, 0.15) is 5.56 Å². The van der Waals surface area contributed by atoms with E-state index >= 15 is 0 Å². The van der Waals surface area contributed by atoms with Gasteiger partial charge in [0, 0.05) is 13.2 Å². The molecule has 112 valence electrons. The van der Waals surface area contributed by atoms with Crippen LogP contribution in [0.15, 0.2) is 0 Å². The first-order chi connectivity index (χ1) is 9.43. The Labute approximate surface area is 119 Å². The molecular formula is C14H23N3O3. The molecule has 0 aliphatic carbocycles. The van der Waals surface area contributed by atoms with Crippen molar-refractivity contribution in [1.82, 2.24) is 10.2 Å². The quantitative estimate of drug-likeness (QED) is 0.711. The number of hydrogen-bond donors (Lipinski definition) is 2. The SMILES string of the molecule is Cc1nnc(NCCOCCC(C)C)c(C(=O)O)c1C. The number of carbonyl (C=O) groups is 1. The Bertz CT molecular complexity index is 461. The van der Waals surface area contributed by atoms with Crippen molar-refractivity contribution in [3.05, 3.63) is 16.8 Å². The molecular weight excluding hydrogens is 258 g/mol. The molecule has 0 aromatic carbocycles. The molecule has 0 radical (unpaired) electrons. The predicted molar refractivity (Wildman–Crippen MR) is 77.2 cm³/mol. The lowest BCUT2D eigenvalue weighted by Crippen LogP contribution is -2.16. The Kier molecular flexibility index (Phi) is 6.38. The zero-order valence-corrected chi connectivity index (χ0v) is 12.6. The minimum atomic E-state index is -0.997. The van der Waals surface area contributed by atoms with E-state index in [0.717, 1.165) is 6.42 Å². The highest BCUT2D eigenvalue weighted by Crippen LogP contribution is 2.17. The number of aromatic carboxylic acids is 1. The Hall–Kier alpha value is -1.69. The monoisotopic (exact) mass is 281 g/mol. The summed E-state index contributed by atoms with van der Waals surface area (Å²) in [5.74, 6) is -0.0797. The van der Waals surface area contributed by atoms with Gasteiger partial charge in [-0.3, -0.25) is 0 Å². The van der Waals surface area contributed by atoms with E-state index in [-0.39, 0.29) is 5.56 Å². The van der Waals surface area contributed by atoms with E-state index in [2.05, 4.69) is 29.4 Å². The summed E-state index contributed by atoms with van der Waals surface area (Å²) in [5.41, 5.74) is 1.44. The Morgan fingerprint density at radius 2 is 2.00 bits per heavy atom. The van der Waals surface area contributed by atoms with Crippen molar-refractivity contribution in [3.8, 4) is 0 Å². The van der Waals surface area contributed by atoms with Crippen molar-refractivity contribution in [1.29, 1.82) is 0 Å². The lowest BCUT2D eigenvalue weighted by Gasteiger charge is -2.11. The highest BCUT2D eigenvalue weighted by Gasteiger charge is 2.17. The first kappa shape index (κ1) is 16.4. The topological polar surface area (TPSA) is 84.3 Å². The third-order valence-corrected chi connectivity index (χ3v) is 3.05. The fourth-order valence-electron chi connectivity index (χ4n) is 1.66. The van der Waals surface area contributed by atoms with E-state index in [1.165, 1.54) is 0 Å². The fourth-order valence-corrected chi connectivity index (χ4v) is 1.66. The molecule has 1 rings (SSSR count). The second-order valence-corrected chi connectivity index (χ2v) is 5.16. The van der Waals surface area contributed by atoms with Crippen LogP contribution >= 0.6 is 0 Å². The van der Waals surface area contributed by atoms with Crippen LogP contribution in [0.5, 0.6) is 0 Å². The molecule has 2 N–H and O–H groups in total. The van der Waals surface area contributed by atoms with Crippen molar-refractivity contribution < 1.29 is 14.6 Å². The maximum absolute atomic E-state index is 11.3. The molecule has 6 heteroatoms. The summed E-state index contributed by atoms with van der Waals surface area (Å²) in [6.07, 6.45) is 1.02. The molecule has 1 aromatic heterocycles. The van der Waals surface area contributed by atoms with Crippen molar-refractivity contribution in [2.24, 2.45) is 5.92 Å². The van der Waals surface area contributed by atoms with Gasteiger partial charge in [-0.1, -0.05) is 13.8 Å². The summed E-state index contributed by atoms with van der Waals surface area (Å²) < 4.78 is 5.46. The maximum atomic E-state index is 11.3. The van der Waals surface area contributed by atoms with Crippen LogP contribution in [0.2, 0.25) is 0 Å². The minimum Gasteiger partial charge on any atom is -0.478 e. The molecule has 0 fully saturated rings. The van der Waals surface area contributed by atoms with Crippen LogP contribution in [-0.4, -0.2) is 41.0 Å². The second kappa shape index (κ2) is 7.79. The molecule has 1 aromatic rings. The highest BCUT2D eigenvalue weighted by atomic mass is 16.5. The first-order valence-electron chi connectivity index (χ1n) is 6.82. The van der Waals surface area contributed by atoms with Gasteiger partial charge in [0.25, 0.3) is 0 Å². The van der Waals surface area contributed by atoms with Gasteiger partial charge < -0.3 is 15.2 Å². The molecule has 0 aliphatic rings. The smallest absolute Gasteiger partial charge is 0.339 e. The second-order valence-electron chi connectivity index (χ2n) is 5.16. The minimum absolute atomic E-state index is 0.180. The number of aromatic nitrogens is 2. The van der Waals surface area contributed by atoms with Crippen LogP contribution in [0.25, 0.3) is 0 Å². The number of nitrogens with zero attached hydrogens (tertiary/aromatic N) is 2. The van der Waals surface area contributed by atoms with Crippen LogP contribution in [0.4, 0.5) is 5.82 Å². The Morgan fingerprint density at radius 1 is 1.30 bits per heavy atom. The molecule has 0 saturated heterocycles. The standard InChI is InChI=1S/C14H23N3O3/c1-9(2)5-7-20-8-6-15-13-12(14(18)19)10(3)11(4)16-17-13/h9H,5-8H2,1-4H3,(H,15,17)(H,18,19). The van der Waals surface area contributed by atoms with E-state index in [1.54, 1.807) is 13.8 Å². The summed E-state index contributed by atoms with van der Waals surface area (Å²) in [6.45, 7) is 9.50. The Balaban J connectivity index is 2.52. The zero-order chi connectivity index (χ0) is 15.1. The van der Waals surface area contributed by atoms with Crippen molar-refractivity contribution in [2.75, 3.05) is 25.1 Å². The van der Waals surface area contributed by atoms with Gasteiger partial charge in [0.2, 0.25) is 0 Å². The van der Waals surface area contributed by atoms with Crippen molar-refractivity contribution in [3.63, 3.8) is 0 Å². The predicted octanol–water partition coefficient (Wildman–Crippen LogP) is 2.27. The van der Waals surface area contributed by atoms with E-state index in [0.29, 0.717) is 42.8 Å². The molecule has 0 saturated carbocycles. The van der Waals surface area contributed by atoms with Crippen LogP contribution in [0, 0.1) is 19.8 Å². The maximum Gasteiger partial charge on any atom is 0.339 e. The van der Waals surface area contributed by atoms with Gasteiger partial charge in [-0.2, -0.15) is 5.10 Å².